The Morgan fingerprint density at radius 2 is 2.15 bits per heavy atom. The lowest BCUT2D eigenvalue weighted by Crippen LogP contribution is -2.34. The molecule has 20 heavy (non-hydrogen) atoms. The van der Waals surface area contributed by atoms with Gasteiger partial charge in [0.05, 0.1) is 16.8 Å². The smallest absolute Gasteiger partial charge is 0.103 e. The topological polar surface area (TPSA) is 39.9 Å². The number of hydrogen-bond donors (Lipinski definition) is 0. The molecular formula is C17H19N3. The Hall–Kier alpha value is -2.08. The maximum Gasteiger partial charge on any atom is 0.103 e. The molecule has 0 amide bonds. The molecule has 1 aliphatic heterocycles. The van der Waals surface area contributed by atoms with E-state index >= 15 is 0 Å². The molecule has 0 saturated carbocycles. The van der Waals surface area contributed by atoms with Gasteiger partial charge in [0, 0.05) is 24.2 Å². The summed E-state index contributed by atoms with van der Waals surface area (Å²) in [4.78, 5) is 6.83. The fraction of sp³-hybridized carbons (Fsp3) is 0.412. The predicted molar refractivity (Wildman–Crippen MR) is 81.7 cm³/mol. The summed E-state index contributed by atoms with van der Waals surface area (Å²) < 4.78 is 0. The molecule has 0 aliphatic carbocycles. The van der Waals surface area contributed by atoms with Gasteiger partial charge in [0.15, 0.2) is 0 Å². The fourth-order valence-electron chi connectivity index (χ4n) is 3.28. The van der Waals surface area contributed by atoms with Crippen LogP contribution in [0.15, 0.2) is 30.5 Å². The van der Waals surface area contributed by atoms with Crippen molar-refractivity contribution in [1.82, 2.24) is 4.98 Å². The molecular weight excluding hydrogens is 246 g/mol. The lowest BCUT2D eigenvalue weighted by molar-refractivity contribution is 0.492. The Morgan fingerprint density at radius 1 is 1.35 bits per heavy atom. The zero-order chi connectivity index (χ0) is 14.1. The average Bonchev–Trinajstić information content (AvgIpc) is 2.95. The second-order valence-corrected chi connectivity index (χ2v) is 5.80. The standard InChI is InChI=1S/C17H19N3/c1-12(2)16-8-5-9-20(16)17-13(10-18)11-19-15-7-4-3-6-14(15)17/h3-4,6-7,11-12,16H,5,8-9H2,1-2H3. The molecule has 1 aromatic heterocycles. The van der Waals surface area contributed by atoms with Crippen LogP contribution in [-0.4, -0.2) is 17.6 Å². The molecule has 1 unspecified atom stereocenters. The van der Waals surface area contributed by atoms with E-state index in [1.54, 1.807) is 6.20 Å². The monoisotopic (exact) mass is 265 g/mol. The van der Waals surface area contributed by atoms with Gasteiger partial charge in [-0.1, -0.05) is 32.0 Å². The second-order valence-electron chi connectivity index (χ2n) is 5.80. The van der Waals surface area contributed by atoms with E-state index < -0.39 is 0 Å². The molecule has 1 aromatic carbocycles. The van der Waals surface area contributed by atoms with E-state index in [2.05, 4.69) is 35.9 Å². The molecule has 1 aliphatic rings. The van der Waals surface area contributed by atoms with Crippen LogP contribution < -0.4 is 4.90 Å². The van der Waals surface area contributed by atoms with Crippen LogP contribution in [0.25, 0.3) is 10.9 Å². The van der Waals surface area contributed by atoms with Gasteiger partial charge in [-0.2, -0.15) is 5.26 Å². The van der Waals surface area contributed by atoms with E-state index in [9.17, 15) is 5.26 Å². The summed E-state index contributed by atoms with van der Waals surface area (Å²) in [6.45, 7) is 5.56. The van der Waals surface area contributed by atoms with E-state index in [0.717, 1.165) is 23.1 Å². The molecule has 2 heterocycles. The van der Waals surface area contributed by atoms with E-state index in [4.69, 9.17) is 0 Å². The highest BCUT2D eigenvalue weighted by molar-refractivity contribution is 5.94. The van der Waals surface area contributed by atoms with E-state index in [1.807, 2.05) is 18.2 Å². The number of benzene rings is 1. The van der Waals surface area contributed by atoms with Gasteiger partial charge in [0.25, 0.3) is 0 Å². The molecule has 3 nitrogen and oxygen atoms in total. The first-order valence-electron chi connectivity index (χ1n) is 7.27. The molecule has 1 fully saturated rings. The molecule has 3 heteroatoms. The van der Waals surface area contributed by atoms with Crippen LogP contribution in [0.3, 0.4) is 0 Å². The van der Waals surface area contributed by atoms with Crippen molar-refractivity contribution < 1.29 is 0 Å². The van der Waals surface area contributed by atoms with E-state index in [1.165, 1.54) is 12.8 Å². The van der Waals surface area contributed by atoms with Crippen molar-refractivity contribution >= 4 is 16.6 Å². The first-order chi connectivity index (χ1) is 9.72. The van der Waals surface area contributed by atoms with E-state index in [0.29, 0.717) is 17.5 Å². The zero-order valence-electron chi connectivity index (χ0n) is 12.0. The summed E-state index contributed by atoms with van der Waals surface area (Å²) in [6.07, 6.45) is 4.12. The maximum absolute atomic E-state index is 9.45. The summed E-state index contributed by atoms with van der Waals surface area (Å²) >= 11 is 0. The van der Waals surface area contributed by atoms with Crippen LogP contribution in [-0.2, 0) is 0 Å². The summed E-state index contributed by atoms with van der Waals surface area (Å²) in [6, 6.07) is 11.0. The van der Waals surface area contributed by atoms with Crippen molar-refractivity contribution in [2.75, 3.05) is 11.4 Å². The Bertz CT molecular complexity index is 669. The summed E-state index contributed by atoms with van der Waals surface area (Å²) in [7, 11) is 0. The molecule has 0 spiro atoms. The SMILES string of the molecule is CC(C)C1CCCN1c1c(C#N)cnc2ccccc12. The van der Waals surface area contributed by atoms with Gasteiger partial charge in [-0.05, 0) is 24.8 Å². The molecule has 0 N–H and O–H groups in total. The lowest BCUT2D eigenvalue weighted by atomic mass is 10.00. The Labute approximate surface area is 119 Å². The molecule has 3 rings (SSSR count). The number of rotatable bonds is 2. The lowest BCUT2D eigenvalue weighted by Gasteiger charge is -2.31. The third kappa shape index (κ3) is 2.02. The van der Waals surface area contributed by atoms with E-state index in [-0.39, 0.29) is 0 Å². The van der Waals surface area contributed by atoms with Crippen LogP contribution in [0.1, 0.15) is 32.3 Å². The fourth-order valence-corrected chi connectivity index (χ4v) is 3.28. The zero-order valence-corrected chi connectivity index (χ0v) is 12.0. The van der Waals surface area contributed by atoms with Gasteiger partial charge >= 0.3 is 0 Å². The highest BCUT2D eigenvalue weighted by Crippen LogP contribution is 2.36. The Morgan fingerprint density at radius 3 is 2.90 bits per heavy atom. The third-order valence-electron chi connectivity index (χ3n) is 4.22. The van der Waals surface area contributed by atoms with Gasteiger partial charge in [0.2, 0.25) is 0 Å². The molecule has 102 valence electrons. The first kappa shape index (κ1) is 12.9. The first-order valence-corrected chi connectivity index (χ1v) is 7.27. The summed E-state index contributed by atoms with van der Waals surface area (Å²) in [5.74, 6) is 0.593. The van der Waals surface area contributed by atoms with Crippen LogP contribution in [0.5, 0.6) is 0 Å². The number of aromatic nitrogens is 1. The highest BCUT2D eigenvalue weighted by atomic mass is 15.2. The van der Waals surface area contributed by atoms with Crippen molar-refractivity contribution in [2.24, 2.45) is 5.92 Å². The van der Waals surface area contributed by atoms with Crippen molar-refractivity contribution in [3.8, 4) is 6.07 Å². The maximum atomic E-state index is 9.45. The normalized spacial score (nSPS) is 18.7. The quantitative estimate of drug-likeness (QED) is 0.830. The minimum Gasteiger partial charge on any atom is -0.367 e. The van der Waals surface area contributed by atoms with Crippen molar-refractivity contribution in [2.45, 2.75) is 32.7 Å². The van der Waals surface area contributed by atoms with Crippen LogP contribution in [0.2, 0.25) is 0 Å². The van der Waals surface area contributed by atoms with Crippen molar-refractivity contribution in [3.63, 3.8) is 0 Å². The number of para-hydroxylation sites is 1. The van der Waals surface area contributed by atoms with Crippen LogP contribution in [0, 0.1) is 17.2 Å². The second kappa shape index (κ2) is 5.13. The van der Waals surface area contributed by atoms with Crippen molar-refractivity contribution in [3.05, 3.63) is 36.0 Å². The van der Waals surface area contributed by atoms with Gasteiger partial charge in [-0.3, -0.25) is 4.98 Å². The average molecular weight is 265 g/mol. The van der Waals surface area contributed by atoms with Gasteiger partial charge in [-0.25, -0.2) is 0 Å². The van der Waals surface area contributed by atoms with Gasteiger partial charge < -0.3 is 4.90 Å². The number of hydrogen-bond acceptors (Lipinski definition) is 3. The molecule has 0 radical (unpaired) electrons. The van der Waals surface area contributed by atoms with Crippen LogP contribution in [0.4, 0.5) is 5.69 Å². The highest BCUT2D eigenvalue weighted by Gasteiger charge is 2.30. The van der Waals surface area contributed by atoms with Gasteiger partial charge in [-0.15, -0.1) is 0 Å². The van der Waals surface area contributed by atoms with Crippen molar-refractivity contribution in [1.29, 1.82) is 5.26 Å². The minimum atomic E-state index is 0.521. The minimum absolute atomic E-state index is 0.521. The van der Waals surface area contributed by atoms with Gasteiger partial charge in [0.1, 0.15) is 6.07 Å². The largest absolute Gasteiger partial charge is 0.367 e. The third-order valence-corrected chi connectivity index (χ3v) is 4.22. The molecule has 0 bridgehead atoms. The number of fused-ring (bicyclic) bond motifs is 1. The Balaban J connectivity index is 2.21. The summed E-state index contributed by atoms with van der Waals surface area (Å²) in [5, 5.41) is 10.5. The number of nitriles is 1. The molecule has 1 saturated heterocycles. The summed E-state index contributed by atoms with van der Waals surface area (Å²) in [5.41, 5.74) is 2.74. The molecule has 2 aromatic rings. The predicted octanol–water partition coefficient (Wildman–Crippen LogP) is 3.73. The molecule has 1 atom stereocenters. The number of pyridine rings is 1. The Kier molecular flexibility index (Phi) is 3.31. The number of anilines is 1. The van der Waals surface area contributed by atoms with Crippen LogP contribution >= 0.6 is 0 Å². The number of nitrogens with zero attached hydrogens (tertiary/aromatic N) is 3.